The lowest BCUT2D eigenvalue weighted by Crippen LogP contribution is -2.33. The molecule has 4 aromatic rings. The van der Waals surface area contributed by atoms with Gasteiger partial charge in [-0.05, 0) is 42.0 Å². The second-order valence-corrected chi connectivity index (χ2v) is 11.5. The third-order valence-corrected chi connectivity index (χ3v) is 9.51. The van der Waals surface area contributed by atoms with E-state index in [-0.39, 0.29) is 29.1 Å². The van der Waals surface area contributed by atoms with Gasteiger partial charge in [0.05, 0.1) is 16.6 Å². The van der Waals surface area contributed by atoms with E-state index < -0.39 is 17.1 Å². The molecule has 1 N–H and O–H groups in total. The Labute approximate surface area is 231 Å². The van der Waals surface area contributed by atoms with Gasteiger partial charge in [0.15, 0.2) is 0 Å². The quantitative estimate of drug-likeness (QED) is 0.347. The van der Waals surface area contributed by atoms with Crippen LogP contribution in [-0.4, -0.2) is 27.5 Å². The van der Waals surface area contributed by atoms with Crippen molar-refractivity contribution in [3.05, 3.63) is 110 Å². The molecule has 0 aliphatic carbocycles. The van der Waals surface area contributed by atoms with Gasteiger partial charge in [-0.2, -0.15) is 0 Å². The van der Waals surface area contributed by atoms with Crippen molar-refractivity contribution < 1.29 is 14.4 Å². The van der Waals surface area contributed by atoms with Crippen LogP contribution in [0.15, 0.2) is 94.7 Å². The lowest BCUT2D eigenvalue weighted by atomic mass is 9.83. The molecule has 1 saturated heterocycles. The standard InChI is InChI=1S/C28H20ClN3O4S2/c29-17-11-13-18(14-12-17)30-20(33)15-31-27-24(38-28(31)36)21(16-7-3-1-4-8-16)22-23(37-27)26(35)32(25(22)34)19-9-5-2-6-10-19/h1-14,21-23H,15H2,(H,30,33). The van der Waals surface area contributed by atoms with E-state index in [1.807, 2.05) is 36.4 Å². The molecular formula is C28H20ClN3O4S2. The van der Waals surface area contributed by atoms with Gasteiger partial charge in [0.25, 0.3) is 0 Å². The van der Waals surface area contributed by atoms with E-state index in [4.69, 9.17) is 11.6 Å². The van der Waals surface area contributed by atoms with Crippen molar-refractivity contribution in [2.24, 2.45) is 5.92 Å². The summed E-state index contributed by atoms with van der Waals surface area (Å²) in [5.41, 5.74) is 1.92. The summed E-state index contributed by atoms with van der Waals surface area (Å²) in [7, 11) is 0. The van der Waals surface area contributed by atoms with Gasteiger partial charge in [0.1, 0.15) is 11.8 Å². The average Bonchev–Trinajstić information content (AvgIpc) is 3.37. The van der Waals surface area contributed by atoms with Crippen molar-refractivity contribution in [2.45, 2.75) is 22.7 Å². The zero-order chi connectivity index (χ0) is 26.4. The third kappa shape index (κ3) is 4.26. The minimum absolute atomic E-state index is 0.219. The number of fused-ring (bicyclic) bond motifs is 2. The summed E-state index contributed by atoms with van der Waals surface area (Å²) in [4.78, 5) is 55.1. The third-order valence-electron chi connectivity index (χ3n) is 6.65. The smallest absolute Gasteiger partial charge is 0.308 e. The topological polar surface area (TPSA) is 88.5 Å². The first-order chi connectivity index (χ1) is 18.4. The van der Waals surface area contributed by atoms with Gasteiger partial charge in [-0.3, -0.25) is 23.7 Å². The van der Waals surface area contributed by atoms with Crippen LogP contribution in [0.5, 0.6) is 0 Å². The predicted octanol–water partition coefficient (Wildman–Crippen LogP) is 5.00. The number of hydrogen-bond donors (Lipinski definition) is 1. The highest BCUT2D eigenvalue weighted by atomic mass is 35.5. The number of anilines is 2. The molecule has 1 aromatic heterocycles. The fourth-order valence-electron chi connectivity index (χ4n) is 4.98. The maximum absolute atomic E-state index is 13.8. The number of nitrogens with zero attached hydrogens (tertiary/aromatic N) is 2. The molecule has 0 saturated carbocycles. The Morgan fingerprint density at radius 2 is 1.53 bits per heavy atom. The molecule has 6 rings (SSSR count). The first-order valence-corrected chi connectivity index (χ1v) is 13.9. The second kappa shape index (κ2) is 9.90. The van der Waals surface area contributed by atoms with Gasteiger partial charge in [-0.15, -0.1) is 0 Å². The molecule has 10 heteroatoms. The van der Waals surface area contributed by atoms with E-state index in [1.54, 1.807) is 48.5 Å². The summed E-state index contributed by atoms with van der Waals surface area (Å²) < 4.78 is 1.41. The second-order valence-electron chi connectivity index (χ2n) is 8.98. The number of thioether (sulfide) groups is 1. The maximum atomic E-state index is 13.8. The Bertz CT molecular complexity index is 1600. The van der Waals surface area contributed by atoms with Crippen LogP contribution in [-0.2, 0) is 20.9 Å². The van der Waals surface area contributed by atoms with Gasteiger partial charge in [-0.1, -0.05) is 83.2 Å². The molecule has 3 atom stereocenters. The zero-order valence-electron chi connectivity index (χ0n) is 19.7. The summed E-state index contributed by atoms with van der Waals surface area (Å²) in [5, 5.41) is 3.16. The van der Waals surface area contributed by atoms with Crippen molar-refractivity contribution in [3.63, 3.8) is 0 Å². The van der Waals surface area contributed by atoms with Gasteiger partial charge < -0.3 is 5.32 Å². The van der Waals surface area contributed by atoms with E-state index in [0.717, 1.165) is 16.9 Å². The molecular weight excluding hydrogens is 542 g/mol. The lowest BCUT2D eigenvalue weighted by molar-refractivity contribution is -0.122. The molecule has 3 unspecified atom stereocenters. The molecule has 3 heterocycles. The predicted molar refractivity (Wildman–Crippen MR) is 149 cm³/mol. The Hall–Kier alpha value is -3.66. The molecule has 0 spiro atoms. The number of carbonyl (C=O) groups is 3. The highest BCUT2D eigenvalue weighted by Gasteiger charge is 2.56. The van der Waals surface area contributed by atoms with Crippen molar-refractivity contribution in [3.8, 4) is 0 Å². The fourth-order valence-corrected chi connectivity index (χ4v) is 7.88. The van der Waals surface area contributed by atoms with Crippen molar-refractivity contribution >= 4 is 63.8 Å². The number of hydrogen-bond acceptors (Lipinski definition) is 6. The monoisotopic (exact) mass is 561 g/mol. The normalized spacial score (nSPS) is 20.2. The maximum Gasteiger partial charge on any atom is 0.308 e. The largest absolute Gasteiger partial charge is 0.325 e. The molecule has 1 fully saturated rings. The molecule has 3 amide bonds. The minimum Gasteiger partial charge on any atom is -0.325 e. The number of amides is 3. The highest BCUT2D eigenvalue weighted by molar-refractivity contribution is 8.00. The number of imide groups is 1. The van der Waals surface area contributed by atoms with Crippen LogP contribution in [0.4, 0.5) is 11.4 Å². The zero-order valence-corrected chi connectivity index (χ0v) is 22.1. The van der Waals surface area contributed by atoms with Crippen LogP contribution in [0.1, 0.15) is 16.4 Å². The average molecular weight is 562 g/mol. The number of para-hydroxylation sites is 1. The van der Waals surface area contributed by atoms with E-state index in [1.165, 1.54) is 21.2 Å². The van der Waals surface area contributed by atoms with Gasteiger partial charge in [0, 0.05) is 21.5 Å². The Morgan fingerprint density at radius 1 is 0.868 bits per heavy atom. The number of halogens is 1. The van der Waals surface area contributed by atoms with Crippen LogP contribution >= 0.6 is 34.7 Å². The number of thiazole rings is 1. The Kier molecular flexibility index (Phi) is 6.43. The van der Waals surface area contributed by atoms with Crippen molar-refractivity contribution in [1.29, 1.82) is 0 Å². The molecule has 38 heavy (non-hydrogen) atoms. The Balaban J connectivity index is 1.40. The van der Waals surface area contributed by atoms with Gasteiger partial charge in [0.2, 0.25) is 17.7 Å². The van der Waals surface area contributed by atoms with Gasteiger partial charge >= 0.3 is 4.87 Å². The highest BCUT2D eigenvalue weighted by Crippen LogP contribution is 2.53. The Morgan fingerprint density at radius 3 is 2.21 bits per heavy atom. The summed E-state index contributed by atoms with van der Waals surface area (Å²) in [5.74, 6) is -2.14. The fraction of sp³-hybridized carbons (Fsp3) is 0.143. The van der Waals surface area contributed by atoms with Crippen molar-refractivity contribution in [1.82, 2.24) is 4.57 Å². The van der Waals surface area contributed by atoms with E-state index in [0.29, 0.717) is 26.3 Å². The summed E-state index contributed by atoms with van der Waals surface area (Å²) in [6.07, 6.45) is 0. The van der Waals surface area contributed by atoms with Crippen LogP contribution in [0.2, 0.25) is 5.02 Å². The van der Waals surface area contributed by atoms with E-state index >= 15 is 0 Å². The summed E-state index contributed by atoms with van der Waals surface area (Å²) >= 11 is 8.15. The molecule has 3 aromatic carbocycles. The lowest BCUT2D eigenvalue weighted by Gasteiger charge is -2.30. The number of aromatic nitrogens is 1. The first-order valence-electron chi connectivity index (χ1n) is 11.9. The number of rotatable bonds is 5. The van der Waals surface area contributed by atoms with Crippen LogP contribution in [0, 0.1) is 5.92 Å². The molecule has 7 nitrogen and oxygen atoms in total. The SMILES string of the molecule is O=C(Cn1c2c(sc1=O)C(c1ccccc1)C1C(=O)N(c3ccccc3)C(=O)C1S2)Nc1ccc(Cl)cc1. The van der Waals surface area contributed by atoms with E-state index in [2.05, 4.69) is 5.32 Å². The molecule has 2 aliphatic heterocycles. The molecule has 0 bridgehead atoms. The first kappa shape index (κ1) is 24.7. The molecule has 2 aliphatic rings. The number of carbonyl (C=O) groups excluding carboxylic acids is 3. The van der Waals surface area contributed by atoms with Crippen LogP contribution < -0.4 is 15.1 Å². The van der Waals surface area contributed by atoms with Gasteiger partial charge in [-0.25, -0.2) is 4.90 Å². The number of benzene rings is 3. The minimum atomic E-state index is -0.722. The van der Waals surface area contributed by atoms with Crippen LogP contribution in [0.25, 0.3) is 0 Å². The van der Waals surface area contributed by atoms with Crippen molar-refractivity contribution in [2.75, 3.05) is 10.2 Å². The summed E-state index contributed by atoms with van der Waals surface area (Å²) in [6, 6.07) is 25.0. The molecule has 190 valence electrons. The molecule has 0 radical (unpaired) electrons. The number of nitrogens with one attached hydrogen (secondary N) is 1. The van der Waals surface area contributed by atoms with E-state index in [9.17, 15) is 19.2 Å². The van der Waals surface area contributed by atoms with Crippen LogP contribution in [0.3, 0.4) is 0 Å². The summed E-state index contributed by atoms with van der Waals surface area (Å²) in [6.45, 7) is -0.219.